The number of rotatable bonds is 3. The SMILES string of the molecule is Cc1nc2c(C)cc(-c3nc(N4CCNCC4)nc(N4CCOCC4)n3)cc2s1.Cl.N. The molecule has 4 N–H and O–H groups in total. The highest BCUT2D eigenvalue weighted by Crippen LogP contribution is 2.30. The Kier molecular flexibility index (Phi) is 7.60. The summed E-state index contributed by atoms with van der Waals surface area (Å²) in [4.78, 5) is 23.7. The Labute approximate surface area is 192 Å². The zero-order valence-electron chi connectivity index (χ0n) is 17.9. The molecule has 2 saturated heterocycles. The predicted octanol–water partition coefficient (Wildman–Crippen LogP) is 2.60. The number of morpholine rings is 1. The van der Waals surface area contributed by atoms with Gasteiger partial charge in [0.2, 0.25) is 11.9 Å². The van der Waals surface area contributed by atoms with Gasteiger partial charge in [0, 0.05) is 44.8 Å². The van der Waals surface area contributed by atoms with Gasteiger partial charge in [-0.25, -0.2) is 4.98 Å². The van der Waals surface area contributed by atoms with Crippen LogP contribution in [0.25, 0.3) is 21.6 Å². The zero-order chi connectivity index (χ0) is 19.8. The first kappa shape index (κ1) is 23.6. The molecule has 0 amide bonds. The van der Waals surface area contributed by atoms with Crippen LogP contribution in [0.4, 0.5) is 11.9 Å². The maximum absolute atomic E-state index is 5.51. The number of fused-ring (bicyclic) bond motifs is 1. The van der Waals surface area contributed by atoms with Gasteiger partial charge in [0.15, 0.2) is 5.82 Å². The lowest BCUT2D eigenvalue weighted by molar-refractivity contribution is 0.122. The van der Waals surface area contributed by atoms with E-state index in [4.69, 9.17) is 19.7 Å². The summed E-state index contributed by atoms with van der Waals surface area (Å²) >= 11 is 1.71. The Morgan fingerprint density at radius 2 is 1.55 bits per heavy atom. The molecule has 0 spiro atoms. The summed E-state index contributed by atoms with van der Waals surface area (Å²) in [5, 5.41) is 4.47. The van der Waals surface area contributed by atoms with E-state index in [-0.39, 0.29) is 18.6 Å². The van der Waals surface area contributed by atoms with Crippen LogP contribution in [0.1, 0.15) is 10.6 Å². The third kappa shape index (κ3) is 4.88. The number of ether oxygens (including phenoxy) is 1. The van der Waals surface area contributed by atoms with E-state index in [1.165, 1.54) is 4.70 Å². The topological polar surface area (TPSA) is 114 Å². The number of anilines is 2. The quantitative estimate of drug-likeness (QED) is 0.603. The molecule has 4 heterocycles. The minimum atomic E-state index is 0. The van der Waals surface area contributed by atoms with E-state index in [1.807, 2.05) is 6.92 Å². The summed E-state index contributed by atoms with van der Waals surface area (Å²) in [6, 6.07) is 4.30. The van der Waals surface area contributed by atoms with Gasteiger partial charge in [-0.15, -0.1) is 23.7 Å². The van der Waals surface area contributed by atoms with Gasteiger partial charge >= 0.3 is 0 Å². The number of piperazine rings is 1. The number of nitrogens with one attached hydrogen (secondary N) is 1. The van der Waals surface area contributed by atoms with Crippen LogP contribution in [-0.2, 0) is 4.74 Å². The van der Waals surface area contributed by atoms with E-state index in [9.17, 15) is 0 Å². The van der Waals surface area contributed by atoms with Crippen LogP contribution in [0.15, 0.2) is 12.1 Å². The summed E-state index contributed by atoms with van der Waals surface area (Å²) in [5.74, 6) is 2.23. The predicted molar refractivity (Wildman–Crippen MR) is 128 cm³/mol. The van der Waals surface area contributed by atoms with Gasteiger partial charge in [-0.1, -0.05) is 0 Å². The maximum Gasteiger partial charge on any atom is 0.230 e. The second-order valence-corrected chi connectivity index (χ2v) is 8.70. The van der Waals surface area contributed by atoms with Crippen LogP contribution in [0.5, 0.6) is 0 Å². The fourth-order valence-electron chi connectivity index (χ4n) is 3.83. The molecule has 11 heteroatoms. The summed E-state index contributed by atoms with van der Waals surface area (Å²) in [6.07, 6.45) is 0. The molecule has 0 unspecified atom stereocenters. The van der Waals surface area contributed by atoms with E-state index in [0.29, 0.717) is 13.2 Å². The van der Waals surface area contributed by atoms with Gasteiger partial charge in [-0.3, -0.25) is 0 Å². The van der Waals surface area contributed by atoms with Gasteiger partial charge in [0.05, 0.1) is 28.4 Å². The average molecular weight is 465 g/mol. The van der Waals surface area contributed by atoms with Gasteiger partial charge < -0.3 is 26.0 Å². The minimum Gasteiger partial charge on any atom is -0.378 e. The molecular formula is C20H29ClN8OS. The van der Waals surface area contributed by atoms with Gasteiger partial charge in [-0.05, 0) is 31.5 Å². The maximum atomic E-state index is 5.51. The molecule has 2 aliphatic heterocycles. The summed E-state index contributed by atoms with van der Waals surface area (Å²) in [5.41, 5.74) is 3.24. The molecule has 0 bridgehead atoms. The normalized spacial score (nSPS) is 16.7. The number of aryl methyl sites for hydroxylation is 2. The molecule has 3 aromatic rings. The molecule has 9 nitrogen and oxygen atoms in total. The third-order valence-electron chi connectivity index (χ3n) is 5.36. The second-order valence-electron chi connectivity index (χ2n) is 7.47. The van der Waals surface area contributed by atoms with E-state index >= 15 is 0 Å². The smallest absolute Gasteiger partial charge is 0.230 e. The van der Waals surface area contributed by atoms with Crippen LogP contribution in [0, 0.1) is 13.8 Å². The van der Waals surface area contributed by atoms with Crippen molar-refractivity contribution in [3.8, 4) is 11.4 Å². The summed E-state index contributed by atoms with van der Waals surface area (Å²) in [7, 11) is 0. The van der Waals surface area contributed by atoms with Crippen molar-refractivity contribution in [2.24, 2.45) is 0 Å². The van der Waals surface area contributed by atoms with E-state index in [0.717, 1.165) is 78.6 Å². The summed E-state index contributed by atoms with van der Waals surface area (Å²) in [6.45, 7) is 10.9. The van der Waals surface area contributed by atoms with Gasteiger partial charge in [0.25, 0.3) is 0 Å². The fourth-order valence-corrected chi connectivity index (χ4v) is 4.78. The van der Waals surface area contributed by atoms with Crippen molar-refractivity contribution in [3.05, 3.63) is 22.7 Å². The molecule has 2 aliphatic rings. The molecule has 5 rings (SSSR count). The van der Waals surface area contributed by atoms with E-state index in [1.54, 1.807) is 11.3 Å². The number of nitrogens with zero attached hydrogens (tertiary/aromatic N) is 6. The monoisotopic (exact) mass is 464 g/mol. The Morgan fingerprint density at radius 1 is 0.903 bits per heavy atom. The standard InChI is InChI=1S/C20H25N7OS.ClH.H3N/c1-13-11-15(12-16-17(13)22-14(2)29-16)18-23-19(26-5-3-21-4-6-26)25-20(24-18)27-7-9-28-10-8-27;;/h11-12,21H,3-10H2,1-2H3;1H;1H3. The lowest BCUT2D eigenvalue weighted by Crippen LogP contribution is -2.44. The molecular weight excluding hydrogens is 436 g/mol. The van der Waals surface area contributed by atoms with Crippen LogP contribution < -0.4 is 21.3 Å². The summed E-state index contributed by atoms with van der Waals surface area (Å²) < 4.78 is 6.69. The van der Waals surface area contributed by atoms with Crippen molar-refractivity contribution in [1.82, 2.24) is 31.4 Å². The molecule has 31 heavy (non-hydrogen) atoms. The first-order valence-electron chi connectivity index (χ1n) is 10.1. The Bertz CT molecular complexity index is 997. The number of hydrogen-bond acceptors (Lipinski definition) is 10. The number of hydrogen-bond donors (Lipinski definition) is 2. The number of benzene rings is 1. The highest BCUT2D eigenvalue weighted by atomic mass is 35.5. The number of thiazole rings is 1. The molecule has 0 aliphatic carbocycles. The fraction of sp³-hybridized carbons (Fsp3) is 0.500. The largest absolute Gasteiger partial charge is 0.378 e. The van der Waals surface area contributed by atoms with E-state index < -0.39 is 0 Å². The van der Waals surface area contributed by atoms with Crippen molar-refractivity contribution in [3.63, 3.8) is 0 Å². The molecule has 0 radical (unpaired) electrons. The van der Waals surface area contributed by atoms with Crippen molar-refractivity contribution in [2.75, 3.05) is 62.3 Å². The third-order valence-corrected chi connectivity index (χ3v) is 6.27. The highest BCUT2D eigenvalue weighted by molar-refractivity contribution is 7.18. The van der Waals surface area contributed by atoms with Crippen molar-refractivity contribution < 1.29 is 4.74 Å². The van der Waals surface area contributed by atoms with Crippen LogP contribution >= 0.6 is 23.7 Å². The van der Waals surface area contributed by atoms with Crippen LogP contribution in [0.2, 0.25) is 0 Å². The van der Waals surface area contributed by atoms with Crippen LogP contribution in [-0.4, -0.2) is 72.4 Å². The number of halogens is 1. The van der Waals surface area contributed by atoms with Gasteiger partial charge in [-0.2, -0.15) is 15.0 Å². The van der Waals surface area contributed by atoms with Crippen molar-refractivity contribution in [1.29, 1.82) is 0 Å². The second kappa shape index (κ2) is 10.0. The minimum absolute atomic E-state index is 0. The molecule has 0 saturated carbocycles. The lowest BCUT2D eigenvalue weighted by Gasteiger charge is -2.30. The molecule has 1 aromatic carbocycles. The Morgan fingerprint density at radius 3 is 2.23 bits per heavy atom. The lowest BCUT2D eigenvalue weighted by atomic mass is 10.1. The highest BCUT2D eigenvalue weighted by Gasteiger charge is 2.21. The Hall–Kier alpha value is -2.11. The average Bonchev–Trinajstić information content (AvgIpc) is 3.15. The van der Waals surface area contributed by atoms with Crippen molar-refractivity contribution >= 4 is 45.9 Å². The molecule has 168 valence electrons. The molecule has 0 atom stereocenters. The van der Waals surface area contributed by atoms with Gasteiger partial charge in [0.1, 0.15) is 0 Å². The van der Waals surface area contributed by atoms with Crippen molar-refractivity contribution in [2.45, 2.75) is 13.8 Å². The Balaban J connectivity index is 0.00000136. The first-order chi connectivity index (χ1) is 14.2. The van der Waals surface area contributed by atoms with Crippen LogP contribution in [0.3, 0.4) is 0 Å². The number of aromatic nitrogens is 4. The van der Waals surface area contributed by atoms with E-state index in [2.05, 4.69) is 39.2 Å². The first-order valence-corrected chi connectivity index (χ1v) is 10.9. The molecule has 2 fully saturated rings. The molecule has 2 aromatic heterocycles. The zero-order valence-corrected chi connectivity index (χ0v) is 19.6.